The number of pyridine rings is 1. The molecule has 0 aliphatic carbocycles. The van der Waals surface area contributed by atoms with Crippen LogP contribution < -0.4 is 5.32 Å². The van der Waals surface area contributed by atoms with Crippen LogP contribution in [0.25, 0.3) is 16.9 Å². The van der Waals surface area contributed by atoms with Crippen molar-refractivity contribution in [2.24, 2.45) is 0 Å². The fourth-order valence-electron chi connectivity index (χ4n) is 4.96. The van der Waals surface area contributed by atoms with E-state index in [1.54, 1.807) is 18.3 Å². The molecule has 6 nitrogen and oxygen atoms in total. The lowest BCUT2D eigenvalue weighted by Gasteiger charge is -2.34. The maximum atomic E-state index is 14.0. The quantitative estimate of drug-likeness (QED) is 0.308. The summed E-state index contributed by atoms with van der Waals surface area (Å²) in [5, 5.41) is 2.63. The molecule has 10 heteroatoms. The van der Waals surface area contributed by atoms with Crippen LogP contribution >= 0.6 is 0 Å². The van der Waals surface area contributed by atoms with Gasteiger partial charge in [-0.2, -0.15) is 13.2 Å². The van der Waals surface area contributed by atoms with Gasteiger partial charge in [0.05, 0.1) is 17.5 Å². The molecule has 1 aliphatic rings. The molecule has 1 saturated heterocycles. The number of nitrogens with zero attached hydrogens (tertiary/aromatic N) is 4. The van der Waals surface area contributed by atoms with Gasteiger partial charge < -0.3 is 5.32 Å². The molecule has 0 bridgehead atoms. The first-order chi connectivity index (χ1) is 18.7. The number of rotatable bonds is 7. The minimum absolute atomic E-state index is 0.0702. The molecule has 1 aliphatic heterocycles. The van der Waals surface area contributed by atoms with Crippen LogP contribution in [0.2, 0.25) is 0 Å². The van der Waals surface area contributed by atoms with E-state index < -0.39 is 24.3 Å². The first-order valence-corrected chi connectivity index (χ1v) is 12.8. The van der Waals surface area contributed by atoms with Gasteiger partial charge in [0, 0.05) is 62.3 Å². The number of amides is 1. The minimum atomic E-state index is -4.58. The van der Waals surface area contributed by atoms with Gasteiger partial charge in [0.15, 0.2) is 0 Å². The van der Waals surface area contributed by atoms with Gasteiger partial charge in [0.25, 0.3) is 5.91 Å². The Morgan fingerprint density at radius 2 is 1.77 bits per heavy atom. The molecule has 0 unspecified atom stereocenters. The number of hydrogen-bond acceptors (Lipinski definition) is 4. The summed E-state index contributed by atoms with van der Waals surface area (Å²) in [6.07, 6.45) is -0.963. The Bertz CT molecular complexity index is 1470. The zero-order valence-electron chi connectivity index (χ0n) is 21.5. The van der Waals surface area contributed by atoms with E-state index in [0.29, 0.717) is 38.3 Å². The summed E-state index contributed by atoms with van der Waals surface area (Å²) in [5.41, 5.74) is 3.08. The van der Waals surface area contributed by atoms with Gasteiger partial charge >= 0.3 is 6.18 Å². The van der Waals surface area contributed by atoms with Crippen LogP contribution in [-0.4, -0.2) is 64.5 Å². The molecule has 204 valence electrons. The SMILES string of the molecule is Cc1ccc(C(=O)Nc2ccc(CN3CCN(CCF)CC3)c(C(F)(F)F)c2)cc1-c1cnc2ccccn12. The number of aromatic nitrogens is 2. The van der Waals surface area contributed by atoms with Gasteiger partial charge in [0.2, 0.25) is 0 Å². The minimum Gasteiger partial charge on any atom is -0.322 e. The lowest BCUT2D eigenvalue weighted by atomic mass is 10.0. The van der Waals surface area contributed by atoms with E-state index in [4.69, 9.17) is 0 Å². The smallest absolute Gasteiger partial charge is 0.322 e. The van der Waals surface area contributed by atoms with E-state index in [2.05, 4.69) is 10.3 Å². The Balaban J connectivity index is 1.35. The number of imidazole rings is 1. The third kappa shape index (κ3) is 5.97. The fourth-order valence-corrected chi connectivity index (χ4v) is 4.96. The number of fused-ring (bicyclic) bond motifs is 1. The number of carbonyl (C=O) groups is 1. The summed E-state index contributed by atoms with van der Waals surface area (Å²) in [6.45, 7) is 4.34. The standard InChI is InChI=1S/C29H29F4N5O/c1-20-5-6-21(16-24(20)26-18-34-27-4-2-3-10-38(26)27)28(39)35-23-8-7-22(25(17-23)29(31,32)33)19-37-14-12-36(11-9-30)13-15-37/h2-8,10,16-18H,9,11-15,19H2,1H3,(H,35,39). The highest BCUT2D eigenvalue weighted by Gasteiger charge is 2.34. The number of hydrogen-bond donors (Lipinski definition) is 1. The molecule has 2 aromatic carbocycles. The Hall–Kier alpha value is -3.76. The number of anilines is 1. The molecular weight excluding hydrogens is 510 g/mol. The predicted molar refractivity (Wildman–Crippen MR) is 142 cm³/mol. The lowest BCUT2D eigenvalue weighted by molar-refractivity contribution is -0.138. The van der Waals surface area contributed by atoms with E-state index in [-0.39, 0.29) is 17.8 Å². The van der Waals surface area contributed by atoms with Crippen LogP contribution in [0.15, 0.2) is 67.0 Å². The van der Waals surface area contributed by atoms with Crippen LogP contribution in [0.3, 0.4) is 0 Å². The van der Waals surface area contributed by atoms with Gasteiger partial charge in [-0.25, -0.2) is 9.37 Å². The van der Waals surface area contributed by atoms with Crippen molar-refractivity contribution in [2.75, 3.05) is 44.7 Å². The topological polar surface area (TPSA) is 52.9 Å². The second-order valence-electron chi connectivity index (χ2n) is 9.73. The van der Waals surface area contributed by atoms with E-state index in [0.717, 1.165) is 28.5 Å². The molecule has 5 rings (SSSR count). The van der Waals surface area contributed by atoms with Crippen LogP contribution in [0.5, 0.6) is 0 Å². The van der Waals surface area contributed by atoms with E-state index in [1.807, 2.05) is 51.6 Å². The van der Waals surface area contributed by atoms with Crippen molar-refractivity contribution in [1.29, 1.82) is 0 Å². The van der Waals surface area contributed by atoms with Gasteiger partial charge in [-0.05, 0) is 54.4 Å². The van der Waals surface area contributed by atoms with Crippen LogP contribution in [0, 0.1) is 6.92 Å². The zero-order chi connectivity index (χ0) is 27.6. The van der Waals surface area contributed by atoms with E-state index in [9.17, 15) is 22.4 Å². The molecule has 0 radical (unpaired) electrons. The van der Waals surface area contributed by atoms with Crippen LogP contribution in [-0.2, 0) is 12.7 Å². The number of alkyl halides is 4. The van der Waals surface area contributed by atoms with Gasteiger partial charge in [-0.1, -0.05) is 18.2 Å². The van der Waals surface area contributed by atoms with Crippen LogP contribution in [0.4, 0.5) is 23.2 Å². The Kier molecular flexibility index (Phi) is 7.67. The largest absolute Gasteiger partial charge is 0.416 e. The first kappa shape index (κ1) is 26.8. The highest BCUT2D eigenvalue weighted by atomic mass is 19.4. The van der Waals surface area contributed by atoms with Crippen molar-refractivity contribution in [3.63, 3.8) is 0 Å². The average Bonchev–Trinajstić information content (AvgIpc) is 3.34. The molecule has 1 amide bonds. The molecule has 1 fully saturated rings. The van der Waals surface area contributed by atoms with Gasteiger partial charge in [-0.3, -0.25) is 19.0 Å². The highest BCUT2D eigenvalue weighted by molar-refractivity contribution is 6.05. The average molecular weight is 540 g/mol. The maximum Gasteiger partial charge on any atom is 0.416 e. The molecule has 2 aromatic heterocycles. The number of carbonyl (C=O) groups excluding carboxylic acids is 1. The Labute approximate surface area is 223 Å². The molecule has 0 atom stereocenters. The van der Waals surface area contributed by atoms with E-state index >= 15 is 0 Å². The first-order valence-electron chi connectivity index (χ1n) is 12.8. The number of halogens is 4. The van der Waals surface area contributed by atoms with Crippen molar-refractivity contribution in [1.82, 2.24) is 19.2 Å². The van der Waals surface area contributed by atoms with Crippen molar-refractivity contribution in [3.05, 3.63) is 89.2 Å². The molecule has 0 saturated carbocycles. The number of piperazine rings is 1. The summed E-state index contributed by atoms with van der Waals surface area (Å²) in [5.74, 6) is -0.505. The Morgan fingerprint density at radius 1 is 1.00 bits per heavy atom. The monoisotopic (exact) mass is 539 g/mol. The zero-order valence-corrected chi connectivity index (χ0v) is 21.5. The number of benzene rings is 2. The molecule has 3 heterocycles. The second-order valence-corrected chi connectivity index (χ2v) is 9.73. The highest BCUT2D eigenvalue weighted by Crippen LogP contribution is 2.35. The summed E-state index contributed by atoms with van der Waals surface area (Å²) < 4.78 is 56.5. The van der Waals surface area contributed by atoms with Crippen molar-refractivity contribution < 1.29 is 22.4 Å². The molecule has 4 aromatic rings. The summed E-state index contributed by atoms with van der Waals surface area (Å²) in [6, 6.07) is 14.8. The molecule has 39 heavy (non-hydrogen) atoms. The maximum absolute atomic E-state index is 14.0. The van der Waals surface area contributed by atoms with Crippen molar-refractivity contribution >= 4 is 17.2 Å². The van der Waals surface area contributed by atoms with Crippen molar-refractivity contribution in [2.45, 2.75) is 19.6 Å². The third-order valence-corrected chi connectivity index (χ3v) is 7.13. The summed E-state index contributed by atoms with van der Waals surface area (Å²) >= 11 is 0. The van der Waals surface area contributed by atoms with Gasteiger partial charge in [-0.15, -0.1) is 0 Å². The molecule has 1 N–H and O–H groups in total. The van der Waals surface area contributed by atoms with E-state index in [1.165, 1.54) is 12.1 Å². The summed E-state index contributed by atoms with van der Waals surface area (Å²) in [7, 11) is 0. The van der Waals surface area contributed by atoms with Crippen molar-refractivity contribution in [3.8, 4) is 11.3 Å². The van der Waals surface area contributed by atoms with Gasteiger partial charge in [0.1, 0.15) is 12.3 Å². The summed E-state index contributed by atoms with van der Waals surface area (Å²) in [4.78, 5) is 21.4. The predicted octanol–water partition coefficient (Wildman–Crippen LogP) is 5.67. The second kappa shape index (κ2) is 11.2. The third-order valence-electron chi connectivity index (χ3n) is 7.13. The number of aryl methyl sites for hydroxylation is 1. The lowest BCUT2D eigenvalue weighted by Crippen LogP contribution is -2.46. The Morgan fingerprint density at radius 3 is 2.51 bits per heavy atom. The van der Waals surface area contributed by atoms with Crippen LogP contribution in [0.1, 0.15) is 27.0 Å². The normalized spacial score (nSPS) is 15.1. The fraction of sp³-hybridized carbons (Fsp3) is 0.310. The molecule has 0 spiro atoms. The number of nitrogens with one attached hydrogen (secondary N) is 1. The molecular formula is C29H29F4N5O.